The highest BCUT2D eigenvalue weighted by atomic mass is 35.5. The van der Waals surface area contributed by atoms with Crippen molar-refractivity contribution in [2.75, 3.05) is 5.88 Å². The summed E-state index contributed by atoms with van der Waals surface area (Å²) < 4.78 is 0. The molecule has 0 aliphatic rings. The highest BCUT2D eigenvalue weighted by molar-refractivity contribution is 6.30. The monoisotopic (exact) mass is 259 g/mol. The number of halogens is 2. The first-order valence-electron chi connectivity index (χ1n) is 5.04. The van der Waals surface area contributed by atoms with E-state index in [9.17, 15) is 4.79 Å². The third-order valence-corrected chi connectivity index (χ3v) is 3.19. The van der Waals surface area contributed by atoms with Crippen molar-refractivity contribution in [3.8, 4) is 0 Å². The fraction of sp³-hybridized carbons (Fsp3) is 0.417. The van der Waals surface area contributed by atoms with E-state index in [4.69, 9.17) is 23.2 Å². The van der Waals surface area contributed by atoms with Crippen LogP contribution in [0, 0.1) is 5.41 Å². The van der Waals surface area contributed by atoms with Crippen molar-refractivity contribution in [2.45, 2.75) is 20.4 Å². The Morgan fingerprint density at radius 3 is 2.69 bits per heavy atom. The molecule has 0 radical (unpaired) electrons. The zero-order valence-electron chi connectivity index (χ0n) is 9.39. The Labute approximate surface area is 106 Å². The molecule has 0 heterocycles. The van der Waals surface area contributed by atoms with E-state index in [-0.39, 0.29) is 5.91 Å². The van der Waals surface area contributed by atoms with E-state index in [1.54, 1.807) is 6.07 Å². The van der Waals surface area contributed by atoms with Gasteiger partial charge in [-0.05, 0) is 31.5 Å². The maximum atomic E-state index is 11.7. The molecule has 1 aromatic carbocycles. The first-order chi connectivity index (χ1) is 7.45. The standard InChI is InChI=1S/C12H15Cl2NO/c1-12(2,8-13)11(16)15-7-9-4-3-5-10(14)6-9/h3-6H,7-8H2,1-2H3,(H,15,16). The Morgan fingerprint density at radius 1 is 1.44 bits per heavy atom. The highest BCUT2D eigenvalue weighted by Crippen LogP contribution is 2.17. The van der Waals surface area contributed by atoms with Crippen LogP contribution >= 0.6 is 23.2 Å². The van der Waals surface area contributed by atoms with Crippen molar-refractivity contribution in [3.63, 3.8) is 0 Å². The number of amides is 1. The Bertz CT molecular complexity index is 377. The van der Waals surface area contributed by atoms with Crippen molar-refractivity contribution >= 4 is 29.1 Å². The molecule has 1 N–H and O–H groups in total. The highest BCUT2D eigenvalue weighted by Gasteiger charge is 2.25. The van der Waals surface area contributed by atoms with Gasteiger partial charge in [0.2, 0.25) is 5.91 Å². The van der Waals surface area contributed by atoms with Gasteiger partial charge in [0.15, 0.2) is 0 Å². The summed E-state index contributed by atoms with van der Waals surface area (Å²) in [4.78, 5) is 11.7. The molecule has 0 aliphatic heterocycles. The Kier molecular flexibility index (Phi) is 4.63. The van der Waals surface area contributed by atoms with Gasteiger partial charge in [0, 0.05) is 17.4 Å². The number of alkyl halides is 1. The average Bonchev–Trinajstić information content (AvgIpc) is 2.26. The lowest BCUT2D eigenvalue weighted by Gasteiger charge is -2.20. The fourth-order valence-corrected chi connectivity index (χ4v) is 1.46. The van der Waals surface area contributed by atoms with E-state index in [0.29, 0.717) is 17.4 Å². The molecule has 1 aromatic rings. The molecule has 0 aromatic heterocycles. The van der Waals surface area contributed by atoms with Gasteiger partial charge in [-0.1, -0.05) is 23.7 Å². The van der Waals surface area contributed by atoms with Crippen LogP contribution in [0.2, 0.25) is 5.02 Å². The van der Waals surface area contributed by atoms with Crippen LogP contribution in [0.15, 0.2) is 24.3 Å². The lowest BCUT2D eigenvalue weighted by Crippen LogP contribution is -2.37. The molecule has 88 valence electrons. The van der Waals surface area contributed by atoms with Crippen molar-refractivity contribution in [1.82, 2.24) is 5.32 Å². The summed E-state index contributed by atoms with van der Waals surface area (Å²) in [5.41, 5.74) is 0.436. The molecule has 0 bridgehead atoms. The van der Waals surface area contributed by atoms with E-state index >= 15 is 0 Å². The predicted octanol–water partition coefficient (Wildman–Crippen LogP) is 3.22. The third-order valence-electron chi connectivity index (χ3n) is 2.29. The summed E-state index contributed by atoms with van der Waals surface area (Å²) in [6.07, 6.45) is 0. The average molecular weight is 260 g/mol. The number of nitrogens with one attached hydrogen (secondary N) is 1. The van der Waals surface area contributed by atoms with E-state index < -0.39 is 5.41 Å². The number of carbonyl (C=O) groups excluding carboxylic acids is 1. The lowest BCUT2D eigenvalue weighted by atomic mass is 9.95. The summed E-state index contributed by atoms with van der Waals surface area (Å²) in [5, 5.41) is 3.51. The minimum Gasteiger partial charge on any atom is -0.352 e. The largest absolute Gasteiger partial charge is 0.352 e. The zero-order valence-corrected chi connectivity index (χ0v) is 10.9. The Hall–Kier alpha value is -0.730. The van der Waals surface area contributed by atoms with E-state index in [2.05, 4.69) is 5.32 Å². The summed E-state index contributed by atoms with van der Waals surface area (Å²) in [6.45, 7) is 4.10. The second-order valence-corrected chi connectivity index (χ2v) is 5.03. The van der Waals surface area contributed by atoms with Crippen molar-refractivity contribution < 1.29 is 4.79 Å². The van der Waals surface area contributed by atoms with Crippen LogP contribution < -0.4 is 5.32 Å². The van der Waals surface area contributed by atoms with Gasteiger partial charge in [0.1, 0.15) is 0 Å². The molecule has 1 rings (SSSR count). The maximum Gasteiger partial charge on any atom is 0.227 e. The minimum absolute atomic E-state index is 0.0533. The molecule has 0 atom stereocenters. The normalized spacial score (nSPS) is 11.2. The molecule has 0 unspecified atom stereocenters. The van der Waals surface area contributed by atoms with Crippen LogP contribution in [0.5, 0.6) is 0 Å². The number of hydrogen-bond acceptors (Lipinski definition) is 1. The topological polar surface area (TPSA) is 29.1 Å². The molecule has 0 aliphatic carbocycles. The molecule has 0 saturated carbocycles. The van der Waals surface area contributed by atoms with Crippen molar-refractivity contribution in [3.05, 3.63) is 34.9 Å². The molecule has 4 heteroatoms. The smallest absolute Gasteiger partial charge is 0.227 e. The van der Waals surface area contributed by atoms with Crippen LogP contribution in [0.25, 0.3) is 0 Å². The summed E-state index contributed by atoms with van der Waals surface area (Å²) >= 11 is 11.6. The van der Waals surface area contributed by atoms with Crippen LogP contribution in [0.1, 0.15) is 19.4 Å². The molecule has 0 saturated heterocycles. The summed E-state index contributed by atoms with van der Waals surface area (Å²) in [6, 6.07) is 7.40. The van der Waals surface area contributed by atoms with E-state index in [1.807, 2.05) is 32.0 Å². The van der Waals surface area contributed by atoms with E-state index in [1.165, 1.54) is 0 Å². The first-order valence-corrected chi connectivity index (χ1v) is 5.95. The van der Waals surface area contributed by atoms with Gasteiger partial charge in [0.05, 0.1) is 5.41 Å². The van der Waals surface area contributed by atoms with Crippen LogP contribution in [0.3, 0.4) is 0 Å². The molecule has 1 amide bonds. The van der Waals surface area contributed by atoms with Crippen LogP contribution in [-0.2, 0) is 11.3 Å². The van der Waals surface area contributed by atoms with E-state index in [0.717, 1.165) is 5.56 Å². The van der Waals surface area contributed by atoms with Gasteiger partial charge in [-0.3, -0.25) is 4.79 Å². The van der Waals surface area contributed by atoms with Gasteiger partial charge in [0.25, 0.3) is 0 Å². The molecular formula is C12H15Cl2NO. The molecule has 16 heavy (non-hydrogen) atoms. The van der Waals surface area contributed by atoms with Crippen molar-refractivity contribution in [2.24, 2.45) is 5.41 Å². The quantitative estimate of drug-likeness (QED) is 0.827. The fourth-order valence-electron chi connectivity index (χ4n) is 1.13. The number of benzene rings is 1. The predicted molar refractivity (Wildman–Crippen MR) is 67.8 cm³/mol. The number of rotatable bonds is 4. The van der Waals surface area contributed by atoms with Gasteiger partial charge in [-0.2, -0.15) is 0 Å². The second kappa shape index (κ2) is 5.55. The minimum atomic E-state index is -0.542. The summed E-state index contributed by atoms with van der Waals surface area (Å²) in [7, 11) is 0. The van der Waals surface area contributed by atoms with Crippen LogP contribution in [-0.4, -0.2) is 11.8 Å². The molecule has 2 nitrogen and oxygen atoms in total. The second-order valence-electron chi connectivity index (χ2n) is 4.33. The number of hydrogen-bond donors (Lipinski definition) is 1. The van der Waals surface area contributed by atoms with Gasteiger partial charge >= 0.3 is 0 Å². The Morgan fingerprint density at radius 2 is 2.12 bits per heavy atom. The van der Waals surface area contributed by atoms with Crippen molar-refractivity contribution in [1.29, 1.82) is 0 Å². The van der Waals surface area contributed by atoms with Gasteiger partial charge in [-0.25, -0.2) is 0 Å². The first kappa shape index (κ1) is 13.3. The molecular weight excluding hydrogens is 245 g/mol. The van der Waals surface area contributed by atoms with Crippen LogP contribution in [0.4, 0.5) is 0 Å². The van der Waals surface area contributed by atoms with Gasteiger partial charge in [-0.15, -0.1) is 11.6 Å². The third kappa shape index (κ3) is 3.69. The SMILES string of the molecule is CC(C)(CCl)C(=O)NCc1cccc(Cl)c1. The Balaban J connectivity index is 2.56. The molecule has 0 fully saturated rings. The zero-order chi connectivity index (χ0) is 12.2. The molecule has 0 spiro atoms. The summed E-state index contributed by atoms with van der Waals surface area (Å²) in [5.74, 6) is 0.247. The van der Waals surface area contributed by atoms with Gasteiger partial charge < -0.3 is 5.32 Å². The number of carbonyl (C=O) groups is 1. The lowest BCUT2D eigenvalue weighted by molar-refractivity contribution is -0.128. The maximum absolute atomic E-state index is 11.7.